The van der Waals surface area contributed by atoms with Crippen LogP contribution in [0.15, 0.2) is 28.7 Å². The molecule has 1 aromatic carbocycles. The maximum atomic E-state index is 10.1. The first kappa shape index (κ1) is 16.0. The third-order valence-electron chi connectivity index (χ3n) is 3.53. The lowest BCUT2D eigenvalue weighted by Crippen LogP contribution is -2.06. The Kier molecular flexibility index (Phi) is 5.42. The molecule has 0 fully saturated rings. The van der Waals surface area contributed by atoms with E-state index in [0.29, 0.717) is 13.0 Å². The highest BCUT2D eigenvalue weighted by atomic mass is 79.9. The number of ether oxygens (including phenoxy) is 1. The lowest BCUT2D eigenvalue weighted by atomic mass is 10.1. The molecule has 1 atom stereocenters. The first-order chi connectivity index (χ1) is 10.1. The van der Waals surface area contributed by atoms with E-state index in [1.54, 1.807) is 0 Å². The zero-order valence-corrected chi connectivity index (χ0v) is 14.2. The maximum Gasteiger partial charge on any atom is 0.131 e. The summed E-state index contributed by atoms with van der Waals surface area (Å²) in [6, 6.07) is 7.62. The van der Waals surface area contributed by atoms with Gasteiger partial charge in [-0.1, -0.05) is 32.0 Å². The van der Waals surface area contributed by atoms with Crippen molar-refractivity contribution in [2.45, 2.75) is 39.4 Å². The molecule has 0 spiro atoms. The average Bonchev–Trinajstić information content (AvgIpc) is 2.79. The van der Waals surface area contributed by atoms with Gasteiger partial charge in [0, 0.05) is 12.6 Å². The molecule has 5 heteroatoms. The highest BCUT2D eigenvalue weighted by Gasteiger charge is 2.15. The second-order valence-corrected chi connectivity index (χ2v) is 5.73. The first-order valence-electron chi connectivity index (χ1n) is 7.18. The predicted molar refractivity (Wildman–Crippen MR) is 86.3 cm³/mol. The molecule has 21 heavy (non-hydrogen) atoms. The van der Waals surface area contributed by atoms with E-state index in [1.165, 1.54) is 0 Å². The monoisotopic (exact) mass is 352 g/mol. The molecule has 0 aliphatic carbocycles. The number of hydrogen-bond donors (Lipinski definition) is 1. The Balaban J connectivity index is 2.19. The van der Waals surface area contributed by atoms with Gasteiger partial charge in [0.1, 0.15) is 12.4 Å². The quantitative estimate of drug-likeness (QED) is 0.860. The number of aliphatic hydroxyl groups is 1. The molecular formula is C16H21BrN2O2. The van der Waals surface area contributed by atoms with E-state index < -0.39 is 6.10 Å². The van der Waals surface area contributed by atoms with Crippen molar-refractivity contribution < 1.29 is 9.84 Å². The van der Waals surface area contributed by atoms with Crippen LogP contribution >= 0.6 is 15.9 Å². The van der Waals surface area contributed by atoms with Crippen LogP contribution in [-0.4, -0.2) is 14.9 Å². The number of aliphatic hydroxyl groups excluding tert-OH is 1. The van der Waals surface area contributed by atoms with Crippen molar-refractivity contribution in [3.8, 4) is 5.75 Å². The van der Waals surface area contributed by atoms with Gasteiger partial charge >= 0.3 is 0 Å². The normalized spacial score (nSPS) is 12.4. The summed E-state index contributed by atoms with van der Waals surface area (Å²) in [4.78, 5) is 0. The van der Waals surface area contributed by atoms with Crippen LogP contribution in [0, 0.1) is 0 Å². The predicted octanol–water partition coefficient (Wildman–Crippen LogP) is 3.77. The van der Waals surface area contributed by atoms with Gasteiger partial charge in [0.25, 0.3) is 0 Å². The molecule has 0 aliphatic rings. The minimum absolute atomic E-state index is 0.414. The summed E-state index contributed by atoms with van der Waals surface area (Å²) in [5.74, 6) is 0.720. The van der Waals surface area contributed by atoms with Gasteiger partial charge in [-0.2, -0.15) is 5.10 Å². The van der Waals surface area contributed by atoms with Crippen LogP contribution in [0.25, 0.3) is 0 Å². The number of aromatic nitrogens is 2. The smallest absolute Gasteiger partial charge is 0.131 e. The molecule has 0 aliphatic heterocycles. The van der Waals surface area contributed by atoms with Crippen LogP contribution in [0.2, 0.25) is 0 Å². The summed E-state index contributed by atoms with van der Waals surface area (Å²) >= 11 is 3.58. The van der Waals surface area contributed by atoms with Gasteiger partial charge in [-0.25, -0.2) is 0 Å². The van der Waals surface area contributed by atoms with Crippen molar-refractivity contribution in [1.82, 2.24) is 9.78 Å². The lowest BCUT2D eigenvalue weighted by Gasteiger charge is -2.15. The molecule has 2 rings (SSSR count). The fourth-order valence-electron chi connectivity index (χ4n) is 2.23. The summed E-state index contributed by atoms with van der Waals surface area (Å²) in [6.45, 7) is 4.44. The Bertz CT molecular complexity index is 610. The highest BCUT2D eigenvalue weighted by molar-refractivity contribution is 9.10. The Morgan fingerprint density at radius 1 is 1.33 bits per heavy atom. The van der Waals surface area contributed by atoms with Crippen molar-refractivity contribution in [3.63, 3.8) is 0 Å². The van der Waals surface area contributed by atoms with E-state index in [-0.39, 0.29) is 0 Å². The van der Waals surface area contributed by atoms with Crippen molar-refractivity contribution in [2.75, 3.05) is 0 Å². The molecule has 1 heterocycles. The highest BCUT2D eigenvalue weighted by Crippen LogP contribution is 2.29. The molecule has 1 N–H and O–H groups in total. The third kappa shape index (κ3) is 3.47. The molecule has 114 valence electrons. The van der Waals surface area contributed by atoms with Gasteiger partial charge in [-0.05, 0) is 34.8 Å². The van der Waals surface area contributed by atoms with Crippen LogP contribution < -0.4 is 4.74 Å². The van der Waals surface area contributed by atoms with Gasteiger partial charge in [-0.3, -0.25) is 4.68 Å². The van der Waals surface area contributed by atoms with Crippen LogP contribution in [0.5, 0.6) is 5.75 Å². The van der Waals surface area contributed by atoms with Crippen LogP contribution in [0.4, 0.5) is 0 Å². The van der Waals surface area contributed by atoms with Crippen molar-refractivity contribution in [3.05, 3.63) is 45.7 Å². The van der Waals surface area contributed by atoms with E-state index >= 15 is 0 Å². The summed E-state index contributed by atoms with van der Waals surface area (Å²) in [6.07, 6.45) is 1.04. The summed E-state index contributed by atoms with van der Waals surface area (Å²) < 4.78 is 8.75. The molecule has 0 unspecified atom stereocenters. The zero-order valence-electron chi connectivity index (χ0n) is 12.6. The zero-order chi connectivity index (χ0) is 15.4. The third-order valence-corrected chi connectivity index (χ3v) is 4.45. The van der Waals surface area contributed by atoms with Gasteiger partial charge in [-0.15, -0.1) is 0 Å². The summed E-state index contributed by atoms with van der Waals surface area (Å²) in [5.41, 5.74) is 2.85. The number of benzene rings is 1. The van der Waals surface area contributed by atoms with Gasteiger partial charge < -0.3 is 9.84 Å². The molecule has 0 bridgehead atoms. The van der Waals surface area contributed by atoms with Crippen molar-refractivity contribution in [2.24, 2.45) is 7.05 Å². The van der Waals surface area contributed by atoms with Crippen LogP contribution in [0.3, 0.4) is 0 Å². The number of aryl methyl sites for hydroxylation is 2. The van der Waals surface area contributed by atoms with Gasteiger partial charge in [0.2, 0.25) is 0 Å². The molecule has 0 saturated carbocycles. The fourth-order valence-corrected chi connectivity index (χ4v) is 2.96. The van der Waals surface area contributed by atoms with Gasteiger partial charge in [0.05, 0.1) is 22.0 Å². The van der Waals surface area contributed by atoms with Crippen LogP contribution in [-0.2, 0) is 20.1 Å². The Morgan fingerprint density at radius 3 is 2.67 bits per heavy atom. The summed E-state index contributed by atoms with van der Waals surface area (Å²) in [5, 5.41) is 14.5. The van der Waals surface area contributed by atoms with Crippen molar-refractivity contribution >= 4 is 15.9 Å². The standard InChI is InChI=1S/C16H21BrN2O2/c1-4-12-16(17)13(19(3)18-12)10-21-15-9-7-6-8-11(15)14(20)5-2/h6-9,14,20H,4-5,10H2,1-3H3/t14-/m0/s1. The number of nitrogens with zero attached hydrogens (tertiary/aromatic N) is 2. The molecule has 4 nitrogen and oxygen atoms in total. The summed E-state index contributed by atoms with van der Waals surface area (Å²) in [7, 11) is 1.91. The maximum absolute atomic E-state index is 10.1. The second-order valence-electron chi connectivity index (χ2n) is 4.94. The van der Waals surface area contributed by atoms with E-state index in [2.05, 4.69) is 28.0 Å². The van der Waals surface area contributed by atoms with E-state index in [0.717, 1.165) is 33.6 Å². The number of halogens is 1. The average molecular weight is 353 g/mol. The van der Waals surface area contributed by atoms with E-state index in [4.69, 9.17) is 4.74 Å². The number of rotatable bonds is 6. The Labute approximate surface area is 133 Å². The number of hydrogen-bond acceptors (Lipinski definition) is 3. The Hall–Kier alpha value is -1.33. The largest absolute Gasteiger partial charge is 0.487 e. The van der Waals surface area contributed by atoms with Gasteiger partial charge in [0.15, 0.2) is 0 Å². The van der Waals surface area contributed by atoms with E-state index in [1.807, 2.05) is 42.9 Å². The minimum Gasteiger partial charge on any atom is -0.487 e. The fraction of sp³-hybridized carbons (Fsp3) is 0.438. The number of para-hydroxylation sites is 1. The Morgan fingerprint density at radius 2 is 2.05 bits per heavy atom. The molecule has 1 aromatic heterocycles. The SMILES string of the molecule is CCc1nn(C)c(COc2ccccc2[C@@H](O)CC)c1Br. The molecule has 0 radical (unpaired) electrons. The topological polar surface area (TPSA) is 47.3 Å². The van der Waals surface area contributed by atoms with Crippen LogP contribution in [0.1, 0.15) is 43.3 Å². The molecule has 0 saturated heterocycles. The molecule has 2 aromatic rings. The second kappa shape index (κ2) is 7.09. The lowest BCUT2D eigenvalue weighted by molar-refractivity contribution is 0.166. The van der Waals surface area contributed by atoms with E-state index in [9.17, 15) is 5.11 Å². The molecular weight excluding hydrogens is 332 g/mol. The molecule has 0 amide bonds. The van der Waals surface area contributed by atoms with Crippen molar-refractivity contribution in [1.29, 1.82) is 0 Å². The first-order valence-corrected chi connectivity index (χ1v) is 7.97. The minimum atomic E-state index is -0.498.